The van der Waals surface area contributed by atoms with E-state index in [0.717, 1.165) is 10.3 Å². The van der Waals surface area contributed by atoms with Crippen molar-refractivity contribution in [2.75, 3.05) is 19.0 Å². The largest absolute Gasteiger partial charge is 0.510 e. The van der Waals surface area contributed by atoms with E-state index in [1.807, 2.05) is 6.07 Å². The van der Waals surface area contributed by atoms with Crippen molar-refractivity contribution < 1.29 is 19.4 Å². The minimum Gasteiger partial charge on any atom is -0.510 e. The minimum absolute atomic E-state index is 0.155. The number of nitrogens with one attached hydrogen (secondary N) is 1. The fraction of sp³-hybridized carbons (Fsp3) is 0.167. The Hall–Kier alpha value is -3.53. The molecule has 0 radical (unpaired) electrons. The van der Waals surface area contributed by atoms with Crippen LogP contribution in [-0.4, -0.2) is 35.7 Å². The van der Waals surface area contributed by atoms with E-state index in [4.69, 9.17) is 0 Å². The van der Waals surface area contributed by atoms with Gasteiger partial charge in [-0.15, -0.1) is 0 Å². The number of ether oxygens (including phenoxy) is 1. The standard InChI is InChI=1S/C18H15N3O4/c1-25-17(23)16-15(22)8-9-21(16)18(24)20-14-7-6-11(10-19)12-4-2-3-5-13(12)14/h2-7,22H,8-9H2,1H3,(H,20,24). The fourth-order valence-electron chi connectivity index (χ4n) is 2.82. The number of nitriles is 1. The molecule has 7 nitrogen and oxygen atoms in total. The number of amides is 2. The summed E-state index contributed by atoms with van der Waals surface area (Å²) in [5, 5.41) is 23.2. The molecule has 25 heavy (non-hydrogen) atoms. The molecule has 0 saturated heterocycles. The number of hydrogen-bond donors (Lipinski definition) is 2. The Bertz CT molecular complexity index is 943. The zero-order valence-electron chi connectivity index (χ0n) is 13.4. The van der Waals surface area contributed by atoms with E-state index in [9.17, 15) is 20.0 Å². The highest BCUT2D eigenvalue weighted by atomic mass is 16.5. The number of carbonyl (C=O) groups excluding carboxylic acids is 2. The molecule has 3 rings (SSSR count). The topological polar surface area (TPSA) is 103 Å². The molecule has 1 aliphatic heterocycles. The summed E-state index contributed by atoms with van der Waals surface area (Å²) < 4.78 is 4.62. The summed E-state index contributed by atoms with van der Waals surface area (Å²) in [6.07, 6.45) is 0.186. The van der Waals surface area contributed by atoms with Crippen molar-refractivity contribution in [3.05, 3.63) is 53.4 Å². The number of methoxy groups -OCH3 is 1. The SMILES string of the molecule is COC(=O)C1=C(O)CCN1C(=O)Nc1ccc(C#N)c2ccccc12. The van der Waals surface area contributed by atoms with Crippen molar-refractivity contribution in [1.29, 1.82) is 5.26 Å². The van der Waals surface area contributed by atoms with E-state index in [-0.39, 0.29) is 24.4 Å². The summed E-state index contributed by atoms with van der Waals surface area (Å²) in [6, 6.07) is 12.0. The molecule has 2 aromatic carbocycles. The lowest BCUT2D eigenvalue weighted by Crippen LogP contribution is -2.35. The number of esters is 1. The maximum absolute atomic E-state index is 12.6. The molecule has 0 aromatic heterocycles. The molecule has 0 bridgehead atoms. The number of aliphatic hydroxyl groups excluding tert-OH is 1. The van der Waals surface area contributed by atoms with Crippen LogP contribution in [0.3, 0.4) is 0 Å². The Labute approximate surface area is 143 Å². The van der Waals surface area contributed by atoms with Gasteiger partial charge in [-0.3, -0.25) is 4.90 Å². The number of anilines is 1. The Morgan fingerprint density at radius 3 is 2.64 bits per heavy atom. The van der Waals surface area contributed by atoms with Gasteiger partial charge in [-0.1, -0.05) is 24.3 Å². The number of rotatable bonds is 2. The quantitative estimate of drug-likeness (QED) is 0.820. The molecule has 0 saturated carbocycles. The van der Waals surface area contributed by atoms with E-state index in [1.54, 1.807) is 30.3 Å². The second-order valence-electron chi connectivity index (χ2n) is 5.44. The maximum Gasteiger partial charge on any atom is 0.358 e. The Kier molecular flexibility index (Phi) is 4.27. The summed E-state index contributed by atoms with van der Waals surface area (Å²) in [6.45, 7) is 0.177. The first kappa shape index (κ1) is 16.3. The number of urea groups is 1. The number of benzene rings is 2. The second kappa shape index (κ2) is 6.53. The average molecular weight is 337 g/mol. The van der Waals surface area contributed by atoms with Crippen molar-refractivity contribution in [1.82, 2.24) is 4.90 Å². The Morgan fingerprint density at radius 1 is 1.24 bits per heavy atom. The first-order valence-electron chi connectivity index (χ1n) is 7.57. The van der Waals surface area contributed by atoms with Gasteiger partial charge in [-0.25, -0.2) is 9.59 Å². The van der Waals surface area contributed by atoms with E-state index in [2.05, 4.69) is 16.1 Å². The highest BCUT2D eigenvalue weighted by Gasteiger charge is 2.33. The van der Waals surface area contributed by atoms with Crippen LogP contribution >= 0.6 is 0 Å². The van der Waals surface area contributed by atoms with Crippen LogP contribution in [0.5, 0.6) is 0 Å². The molecule has 0 fully saturated rings. The summed E-state index contributed by atoms with van der Waals surface area (Å²) in [5.74, 6) is -0.943. The summed E-state index contributed by atoms with van der Waals surface area (Å²) in [5.41, 5.74) is 0.857. The van der Waals surface area contributed by atoms with Crippen molar-refractivity contribution in [3.8, 4) is 6.07 Å². The number of hydrogen-bond acceptors (Lipinski definition) is 5. The first-order chi connectivity index (χ1) is 12.1. The first-order valence-corrected chi connectivity index (χ1v) is 7.57. The molecule has 0 aliphatic carbocycles. The van der Waals surface area contributed by atoms with Crippen LogP contribution in [0.25, 0.3) is 10.8 Å². The van der Waals surface area contributed by atoms with Crippen molar-refractivity contribution >= 4 is 28.5 Å². The van der Waals surface area contributed by atoms with Gasteiger partial charge >= 0.3 is 12.0 Å². The molecular weight excluding hydrogens is 322 g/mol. The number of carbonyl (C=O) groups is 2. The van der Waals surface area contributed by atoms with Crippen LogP contribution in [0.4, 0.5) is 10.5 Å². The monoisotopic (exact) mass is 337 g/mol. The van der Waals surface area contributed by atoms with Crippen molar-refractivity contribution in [2.24, 2.45) is 0 Å². The molecule has 2 N–H and O–H groups in total. The van der Waals surface area contributed by atoms with E-state index >= 15 is 0 Å². The van der Waals surface area contributed by atoms with Gasteiger partial charge in [0.05, 0.1) is 24.4 Å². The Balaban J connectivity index is 1.94. The number of nitrogens with zero attached hydrogens (tertiary/aromatic N) is 2. The predicted molar refractivity (Wildman–Crippen MR) is 90.7 cm³/mol. The van der Waals surface area contributed by atoms with Gasteiger partial charge in [-0.2, -0.15) is 5.26 Å². The van der Waals surface area contributed by atoms with Gasteiger partial charge < -0.3 is 15.2 Å². The lowest BCUT2D eigenvalue weighted by Gasteiger charge is -2.19. The third kappa shape index (κ3) is 2.85. The van der Waals surface area contributed by atoms with E-state index < -0.39 is 12.0 Å². The van der Waals surface area contributed by atoms with Gasteiger partial charge in [-0.05, 0) is 12.1 Å². The van der Waals surface area contributed by atoms with Crippen LogP contribution in [0.2, 0.25) is 0 Å². The Morgan fingerprint density at radius 2 is 1.96 bits per heavy atom. The van der Waals surface area contributed by atoms with Crippen LogP contribution in [-0.2, 0) is 9.53 Å². The summed E-state index contributed by atoms with van der Waals surface area (Å²) >= 11 is 0. The normalized spacial score (nSPS) is 13.7. The fourth-order valence-corrected chi connectivity index (χ4v) is 2.82. The van der Waals surface area contributed by atoms with Gasteiger partial charge in [0, 0.05) is 23.7 Å². The number of aliphatic hydroxyl groups is 1. The van der Waals surface area contributed by atoms with Crippen LogP contribution < -0.4 is 5.32 Å². The van der Waals surface area contributed by atoms with Crippen LogP contribution in [0, 0.1) is 11.3 Å². The molecular formula is C18H15N3O4. The third-order valence-corrected chi connectivity index (χ3v) is 4.03. The molecule has 0 atom stereocenters. The highest BCUT2D eigenvalue weighted by molar-refractivity contribution is 6.05. The summed E-state index contributed by atoms with van der Waals surface area (Å²) in [4.78, 5) is 25.5. The zero-order chi connectivity index (χ0) is 18.0. The molecule has 7 heteroatoms. The van der Waals surface area contributed by atoms with E-state index in [1.165, 1.54) is 7.11 Å². The third-order valence-electron chi connectivity index (χ3n) is 4.03. The molecule has 0 spiro atoms. The van der Waals surface area contributed by atoms with Crippen LogP contribution in [0.15, 0.2) is 47.9 Å². The van der Waals surface area contributed by atoms with Crippen molar-refractivity contribution in [2.45, 2.75) is 6.42 Å². The maximum atomic E-state index is 12.6. The van der Waals surface area contributed by atoms with Gasteiger partial charge in [0.25, 0.3) is 0 Å². The van der Waals surface area contributed by atoms with Crippen LogP contribution in [0.1, 0.15) is 12.0 Å². The van der Waals surface area contributed by atoms with Crippen molar-refractivity contribution in [3.63, 3.8) is 0 Å². The molecule has 2 amide bonds. The minimum atomic E-state index is -0.769. The zero-order valence-corrected chi connectivity index (χ0v) is 13.4. The van der Waals surface area contributed by atoms with Gasteiger partial charge in [0.15, 0.2) is 5.70 Å². The van der Waals surface area contributed by atoms with E-state index in [0.29, 0.717) is 16.6 Å². The van der Waals surface area contributed by atoms with Gasteiger partial charge in [0.1, 0.15) is 5.76 Å². The predicted octanol–water partition coefficient (Wildman–Crippen LogP) is 2.89. The smallest absolute Gasteiger partial charge is 0.358 e. The number of fused-ring (bicyclic) bond motifs is 1. The lowest BCUT2D eigenvalue weighted by molar-refractivity contribution is -0.137. The second-order valence-corrected chi connectivity index (χ2v) is 5.44. The molecule has 126 valence electrons. The van der Waals surface area contributed by atoms with Gasteiger partial charge in [0.2, 0.25) is 0 Å². The molecule has 1 heterocycles. The average Bonchev–Trinajstić information content (AvgIpc) is 3.03. The lowest BCUT2D eigenvalue weighted by atomic mass is 10.0. The highest BCUT2D eigenvalue weighted by Crippen LogP contribution is 2.28. The molecule has 0 unspecified atom stereocenters. The molecule has 2 aromatic rings. The molecule has 1 aliphatic rings. The summed E-state index contributed by atoms with van der Waals surface area (Å²) in [7, 11) is 1.19.